The van der Waals surface area contributed by atoms with E-state index in [0.717, 1.165) is 10.4 Å². The maximum absolute atomic E-state index is 13.4. The van der Waals surface area contributed by atoms with Crippen molar-refractivity contribution in [3.63, 3.8) is 0 Å². The van der Waals surface area contributed by atoms with Crippen molar-refractivity contribution in [2.24, 2.45) is 0 Å². The third-order valence-electron chi connectivity index (χ3n) is 5.47. The van der Waals surface area contributed by atoms with Crippen LogP contribution in [0.25, 0.3) is 11.2 Å². The first kappa shape index (κ1) is 19.4. The summed E-state index contributed by atoms with van der Waals surface area (Å²) in [6, 6.07) is 17.3. The molecule has 7 nitrogen and oxygen atoms in total. The number of hydrogen-bond acceptors (Lipinski definition) is 6. The van der Waals surface area contributed by atoms with Crippen LogP contribution in [0, 0.1) is 0 Å². The number of anilines is 1. The van der Waals surface area contributed by atoms with Gasteiger partial charge in [-0.05, 0) is 29.1 Å². The molecule has 0 spiro atoms. The Hall–Kier alpha value is -3.52. The van der Waals surface area contributed by atoms with Gasteiger partial charge in [-0.1, -0.05) is 36.4 Å². The number of fused-ring (bicyclic) bond motifs is 1. The number of hydrogen-bond donors (Lipinski definition) is 0. The Kier molecular flexibility index (Phi) is 5.21. The summed E-state index contributed by atoms with van der Waals surface area (Å²) in [7, 11) is 0. The van der Waals surface area contributed by atoms with E-state index in [4.69, 9.17) is 0 Å². The second kappa shape index (κ2) is 8.31. The summed E-state index contributed by atoms with van der Waals surface area (Å²) in [6.07, 6.45) is 1.68. The van der Waals surface area contributed by atoms with E-state index in [2.05, 4.69) is 9.97 Å². The minimum atomic E-state index is -0.159. The molecule has 0 aliphatic carbocycles. The van der Waals surface area contributed by atoms with Gasteiger partial charge in [-0.25, -0.2) is 9.97 Å². The smallest absolute Gasteiger partial charge is 0.295 e. The summed E-state index contributed by atoms with van der Waals surface area (Å²) in [5.74, 6) is 0.464. The van der Waals surface area contributed by atoms with Crippen molar-refractivity contribution >= 4 is 34.2 Å². The number of thiophene rings is 1. The number of carbonyl (C=O) groups is 1. The van der Waals surface area contributed by atoms with Crippen LogP contribution in [0.15, 0.2) is 71.0 Å². The highest BCUT2D eigenvalue weighted by molar-refractivity contribution is 7.12. The Morgan fingerprint density at radius 2 is 1.77 bits per heavy atom. The first-order chi connectivity index (χ1) is 15.2. The van der Waals surface area contributed by atoms with Crippen molar-refractivity contribution in [2.75, 3.05) is 31.1 Å². The first-order valence-corrected chi connectivity index (χ1v) is 11.1. The van der Waals surface area contributed by atoms with Crippen molar-refractivity contribution in [1.29, 1.82) is 0 Å². The SMILES string of the molecule is O=C(c1cccs1)N1CCN(c2nc3cccnc3n(Cc3ccccc3)c2=O)CC1. The van der Waals surface area contributed by atoms with E-state index >= 15 is 0 Å². The predicted octanol–water partition coefficient (Wildman–Crippen LogP) is 2.86. The average Bonchev–Trinajstić information content (AvgIpc) is 3.36. The van der Waals surface area contributed by atoms with Crippen molar-refractivity contribution in [3.05, 3.63) is 87.0 Å². The van der Waals surface area contributed by atoms with Gasteiger partial charge in [0.2, 0.25) is 0 Å². The molecule has 0 atom stereocenters. The topological polar surface area (TPSA) is 71.3 Å². The average molecular weight is 432 g/mol. The number of benzene rings is 1. The molecule has 4 heterocycles. The Morgan fingerprint density at radius 1 is 0.968 bits per heavy atom. The number of nitrogens with zero attached hydrogens (tertiary/aromatic N) is 5. The van der Waals surface area contributed by atoms with Crippen LogP contribution < -0.4 is 10.5 Å². The van der Waals surface area contributed by atoms with Gasteiger partial charge in [0.25, 0.3) is 11.5 Å². The van der Waals surface area contributed by atoms with E-state index in [-0.39, 0.29) is 11.5 Å². The summed E-state index contributed by atoms with van der Waals surface area (Å²) in [5.41, 5.74) is 2.13. The largest absolute Gasteiger partial charge is 0.348 e. The Balaban J connectivity index is 1.45. The van der Waals surface area contributed by atoms with Gasteiger partial charge >= 0.3 is 0 Å². The molecule has 0 bridgehead atoms. The minimum absolute atomic E-state index is 0.0480. The van der Waals surface area contributed by atoms with Crippen LogP contribution in [0.1, 0.15) is 15.2 Å². The van der Waals surface area contributed by atoms with E-state index in [1.165, 1.54) is 11.3 Å². The summed E-state index contributed by atoms with van der Waals surface area (Å²) in [6.45, 7) is 2.68. The lowest BCUT2D eigenvalue weighted by Gasteiger charge is -2.35. The van der Waals surface area contributed by atoms with Crippen LogP contribution in [0.5, 0.6) is 0 Å². The molecule has 0 unspecified atom stereocenters. The van der Waals surface area contributed by atoms with Crippen molar-refractivity contribution < 1.29 is 4.79 Å². The van der Waals surface area contributed by atoms with Gasteiger partial charge in [0.1, 0.15) is 5.52 Å². The zero-order valence-electron chi connectivity index (χ0n) is 16.8. The van der Waals surface area contributed by atoms with Crippen molar-refractivity contribution in [1.82, 2.24) is 19.4 Å². The molecule has 1 aromatic carbocycles. The van der Waals surface area contributed by atoms with Crippen LogP contribution in [0.4, 0.5) is 5.82 Å². The molecule has 1 amide bonds. The fraction of sp³-hybridized carbons (Fsp3) is 0.217. The van der Waals surface area contributed by atoms with Gasteiger partial charge < -0.3 is 9.80 Å². The summed E-state index contributed by atoms with van der Waals surface area (Å²) in [4.78, 5) is 39.7. The van der Waals surface area contributed by atoms with Gasteiger partial charge in [-0.3, -0.25) is 14.2 Å². The Morgan fingerprint density at radius 3 is 2.52 bits per heavy atom. The van der Waals surface area contributed by atoms with Gasteiger partial charge in [0.15, 0.2) is 11.5 Å². The quantitative estimate of drug-likeness (QED) is 0.497. The van der Waals surface area contributed by atoms with Gasteiger partial charge in [-0.15, -0.1) is 11.3 Å². The molecular weight excluding hydrogens is 410 g/mol. The highest BCUT2D eigenvalue weighted by Gasteiger charge is 2.26. The van der Waals surface area contributed by atoms with Crippen molar-refractivity contribution in [3.8, 4) is 0 Å². The van der Waals surface area contributed by atoms with Crippen molar-refractivity contribution in [2.45, 2.75) is 6.54 Å². The van der Waals surface area contributed by atoms with E-state index in [1.807, 2.05) is 69.8 Å². The number of piperazine rings is 1. The van der Waals surface area contributed by atoms with Gasteiger partial charge in [0, 0.05) is 32.4 Å². The lowest BCUT2D eigenvalue weighted by Crippen LogP contribution is -2.50. The molecule has 3 aromatic heterocycles. The highest BCUT2D eigenvalue weighted by atomic mass is 32.1. The normalized spacial score (nSPS) is 14.2. The second-order valence-electron chi connectivity index (χ2n) is 7.41. The number of rotatable bonds is 4. The van der Waals surface area contributed by atoms with E-state index in [9.17, 15) is 9.59 Å². The monoisotopic (exact) mass is 431 g/mol. The fourth-order valence-corrected chi connectivity index (χ4v) is 4.55. The Labute approximate surface area is 183 Å². The third-order valence-corrected chi connectivity index (χ3v) is 6.32. The summed E-state index contributed by atoms with van der Waals surface area (Å²) >= 11 is 1.45. The molecule has 31 heavy (non-hydrogen) atoms. The third kappa shape index (κ3) is 3.82. The molecule has 1 aliphatic heterocycles. The molecule has 1 fully saturated rings. The van der Waals surface area contributed by atoms with Gasteiger partial charge in [-0.2, -0.15) is 0 Å². The van der Waals surface area contributed by atoms with Crippen LogP contribution >= 0.6 is 11.3 Å². The number of carbonyl (C=O) groups excluding carboxylic acids is 1. The maximum atomic E-state index is 13.4. The molecular formula is C23H21N5O2S. The standard InChI is InChI=1S/C23H21N5O2S/c29-22(19-9-5-15-31-19)27-13-11-26(12-14-27)21-23(30)28(16-17-6-2-1-3-7-17)20-18(25-21)8-4-10-24-20/h1-10,15H,11-14,16H2. The van der Waals surface area contributed by atoms with Crippen LogP contribution in [-0.2, 0) is 6.54 Å². The van der Waals surface area contributed by atoms with Crippen LogP contribution in [0.2, 0.25) is 0 Å². The first-order valence-electron chi connectivity index (χ1n) is 10.2. The highest BCUT2D eigenvalue weighted by Crippen LogP contribution is 2.18. The molecule has 8 heteroatoms. The Bertz CT molecular complexity index is 1260. The summed E-state index contributed by atoms with van der Waals surface area (Å²) < 4.78 is 1.69. The summed E-state index contributed by atoms with van der Waals surface area (Å²) in [5, 5.41) is 1.91. The van der Waals surface area contributed by atoms with E-state index in [1.54, 1.807) is 10.8 Å². The molecule has 0 N–H and O–H groups in total. The molecule has 4 aromatic rings. The molecule has 0 saturated carbocycles. The molecule has 0 radical (unpaired) electrons. The lowest BCUT2D eigenvalue weighted by atomic mass is 10.2. The lowest BCUT2D eigenvalue weighted by molar-refractivity contribution is 0.0751. The molecule has 1 aliphatic rings. The van der Waals surface area contributed by atoms with Crippen LogP contribution in [-0.4, -0.2) is 51.5 Å². The van der Waals surface area contributed by atoms with E-state index in [0.29, 0.717) is 49.7 Å². The minimum Gasteiger partial charge on any atom is -0.348 e. The molecule has 5 rings (SSSR count). The second-order valence-corrected chi connectivity index (χ2v) is 8.36. The zero-order chi connectivity index (χ0) is 21.2. The molecule has 156 valence electrons. The van der Waals surface area contributed by atoms with Crippen LogP contribution in [0.3, 0.4) is 0 Å². The number of pyridine rings is 1. The number of aromatic nitrogens is 3. The van der Waals surface area contributed by atoms with E-state index < -0.39 is 0 Å². The van der Waals surface area contributed by atoms with Gasteiger partial charge in [0.05, 0.1) is 11.4 Å². The fourth-order valence-electron chi connectivity index (χ4n) is 3.86. The maximum Gasteiger partial charge on any atom is 0.295 e. The molecule has 1 saturated heterocycles. The number of amides is 1. The predicted molar refractivity (Wildman–Crippen MR) is 122 cm³/mol. The zero-order valence-corrected chi connectivity index (χ0v) is 17.7.